The van der Waals surface area contributed by atoms with Gasteiger partial charge in [-0.05, 0) is 12.1 Å². The Labute approximate surface area is 138 Å². The molecule has 0 unspecified atom stereocenters. The maximum atomic E-state index is 5.80. The van der Waals surface area contributed by atoms with E-state index in [1.54, 1.807) is 0 Å². The maximum Gasteiger partial charge on any atom is 0.181 e. The number of imidazole rings is 1. The van der Waals surface area contributed by atoms with Crippen LogP contribution in [0.2, 0.25) is 0 Å². The van der Waals surface area contributed by atoms with Crippen LogP contribution >= 0.6 is 23.7 Å². The van der Waals surface area contributed by atoms with Crippen molar-refractivity contribution >= 4 is 50.1 Å². The molecule has 1 saturated heterocycles. The molecule has 0 bridgehead atoms. The van der Waals surface area contributed by atoms with E-state index in [-0.39, 0.29) is 12.4 Å². The van der Waals surface area contributed by atoms with E-state index in [0.29, 0.717) is 5.13 Å². The number of hydrogen-bond donors (Lipinski definition) is 1. The lowest BCUT2D eigenvalue weighted by atomic mass is 10.3. The second-order valence-electron chi connectivity index (χ2n) is 5.23. The molecule has 118 valence electrons. The minimum absolute atomic E-state index is 0. The smallest absolute Gasteiger partial charge is 0.181 e. The number of morpholine rings is 1. The van der Waals surface area contributed by atoms with Crippen molar-refractivity contribution in [2.75, 3.05) is 38.6 Å². The Morgan fingerprint density at radius 2 is 2.05 bits per heavy atom. The predicted octanol–water partition coefficient (Wildman–Crippen LogP) is 1.98. The number of rotatable bonds is 3. The van der Waals surface area contributed by atoms with E-state index in [9.17, 15) is 0 Å². The van der Waals surface area contributed by atoms with Gasteiger partial charge in [-0.15, -0.1) is 12.4 Å². The normalized spacial score (nSPS) is 16.2. The Morgan fingerprint density at radius 3 is 2.86 bits per heavy atom. The third kappa shape index (κ3) is 2.77. The first-order valence-electron chi connectivity index (χ1n) is 7.11. The zero-order chi connectivity index (χ0) is 14.2. The van der Waals surface area contributed by atoms with Crippen molar-refractivity contribution in [3.05, 3.63) is 18.5 Å². The third-order valence-electron chi connectivity index (χ3n) is 3.92. The third-order valence-corrected chi connectivity index (χ3v) is 4.83. The number of anilines is 1. The molecule has 1 aliphatic rings. The summed E-state index contributed by atoms with van der Waals surface area (Å²) in [5, 5.41) is 0.598. The number of halogens is 1. The number of aromatic nitrogens is 3. The summed E-state index contributed by atoms with van der Waals surface area (Å²) in [5.74, 6) is 0. The summed E-state index contributed by atoms with van der Waals surface area (Å²) >= 11 is 1.50. The average Bonchev–Trinajstić information content (AvgIpc) is 3.08. The molecule has 2 aromatic heterocycles. The van der Waals surface area contributed by atoms with Crippen LogP contribution in [0.15, 0.2) is 18.5 Å². The van der Waals surface area contributed by atoms with Gasteiger partial charge in [-0.3, -0.25) is 4.90 Å². The summed E-state index contributed by atoms with van der Waals surface area (Å²) in [4.78, 5) is 11.3. The number of nitrogens with two attached hydrogens (primary N) is 1. The monoisotopic (exact) mass is 339 g/mol. The first-order chi connectivity index (χ1) is 10.3. The van der Waals surface area contributed by atoms with Crippen LogP contribution in [0.1, 0.15) is 0 Å². The SMILES string of the molecule is Cl.Nc1nc2ccc3c(ncn3CCN3CCOCC3)c2s1. The van der Waals surface area contributed by atoms with Crippen molar-refractivity contribution in [3.63, 3.8) is 0 Å². The molecule has 6 nitrogen and oxygen atoms in total. The minimum atomic E-state index is 0. The second kappa shape index (κ2) is 6.37. The highest BCUT2D eigenvalue weighted by atomic mass is 35.5. The fraction of sp³-hybridized carbons (Fsp3) is 0.429. The van der Waals surface area contributed by atoms with Gasteiger partial charge in [0.2, 0.25) is 0 Å². The number of nitrogen functional groups attached to an aromatic ring is 1. The lowest BCUT2D eigenvalue weighted by Gasteiger charge is -2.26. The molecule has 1 aromatic carbocycles. The topological polar surface area (TPSA) is 69.2 Å². The van der Waals surface area contributed by atoms with Crippen LogP contribution in [0.5, 0.6) is 0 Å². The van der Waals surface area contributed by atoms with Crippen molar-refractivity contribution in [1.82, 2.24) is 19.4 Å². The molecular weight excluding hydrogens is 322 g/mol. The molecule has 8 heteroatoms. The number of hydrogen-bond acceptors (Lipinski definition) is 6. The molecule has 2 N–H and O–H groups in total. The van der Waals surface area contributed by atoms with E-state index in [2.05, 4.69) is 25.5 Å². The van der Waals surface area contributed by atoms with Crippen molar-refractivity contribution < 1.29 is 4.74 Å². The largest absolute Gasteiger partial charge is 0.379 e. The molecule has 3 aromatic rings. The fourth-order valence-electron chi connectivity index (χ4n) is 2.78. The van der Waals surface area contributed by atoms with E-state index < -0.39 is 0 Å². The van der Waals surface area contributed by atoms with E-state index in [1.165, 1.54) is 11.3 Å². The maximum absolute atomic E-state index is 5.80. The molecule has 3 heterocycles. The Balaban J connectivity index is 0.00000144. The summed E-state index contributed by atoms with van der Waals surface area (Å²) in [7, 11) is 0. The average molecular weight is 340 g/mol. The van der Waals surface area contributed by atoms with Crippen LogP contribution in [0.4, 0.5) is 5.13 Å². The number of fused-ring (bicyclic) bond motifs is 3. The number of thiazole rings is 1. The lowest BCUT2D eigenvalue weighted by molar-refractivity contribution is 0.0365. The van der Waals surface area contributed by atoms with Gasteiger partial charge in [0.15, 0.2) is 5.13 Å². The van der Waals surface area contributed by atoms with Crippen molar-refractivity contribution in [2.24, 2.45) is 0 Å². The molecular formula is C14H18ClN5OS. The first-order valence-corrected chi connectivity index (χ1v) is 7.93. The fourth-order valence-corrected chi connectivity index (χ4v) is 3.61. The highest BCUT2D eigenvalue weighted by molar-refractivity contribution is 7.22. The summed E-state index contributed by atoms with van der Waals surface area (Å²) in [6, 6.07) is 4.11. The minimum Gasteiger partial charge on any atom is -0.379 e. The van der Waals surface area contributed by atoms with E-state index >= 15 is 0 Å². The highest BCUT2D eigenvalue weighted by Gasteiger charge is 2.13. The van der Waals surface area contributed by atoms with Crippen molar-refractivity contribution in [3.8, 4) is 0 Å². The molecule has 1 aliphatic heterocycles. The van der Waals surface area contributed by atoms with Gasteiger partial charge in [0.1, 0.15) is 5.52 Å². The molecule has 22 heavy (non-hydrogen) atoms. The van der Waals surface area contributed by atoms with Crippen LogP contribution < -0.4 is 5.73 Å². The molecule has 1 fully saturated rings. The Bertz CT molecular complexity index is 780. The molecule has 0 spiro atoms. The predicted molar refractivity (Wildman–Crippen MR) is 91.8 cm³/mol. The Kier molecular flexibility index (Phi) is 4.49. The number of ether oxygens (including phenoxy) is 1. The molecule has 0 aliphatic carbocycles. The van der Waals surface area contributed by atoms with E-state index in [4.69, 9.17) is 10.5 Å². The molecule has 0 saturated carbocycles. The zero-order valence-electron chi connectivity index (χ0n) is 12.1. The van der Waals surface area contributed by atoms with Crippen molar-refractivity contribution in [1.29, 1.82) is 0 Å². The number of benzene rings is 1. The van der Waals surface area contributed by atoms with Crippen molar-refractivity contribution in [2.45, 2.75) is 6.54 Å². The van der Waals surface area contributed by atoms with E-state index in [0.717, 1.165) is 60.6 Å². The second-order valence-corrected chi connectivity index (χ2v) is 6.26. The molecule has 0 radical (unpaired) electrons. The Hall–Kier alpha value is -1.41. The lowest BCUT2D eigenvalue weighted by Crippen LogP contribution is -2.38. The van der Waals surface area contributed by atoms with Crippen LogP contribution in [0.25, 0.3) is 21.3 Å². The van der Waals surface area contributed by atoms with Gasteiger partial charge in [-0.1, -0.05) is 11.3 Å². The summed E-state index contributed by atoms with van der Waals surface area (Å²) in [6.45, 7) is 5.68. The van der Waals surface area contributed by atoms with Gasteiger partial charge in [-0.25, -0.2) is 9.97 Å². The van der Waals surface area contributed by atoms with Gasteiger partial charge in [-0.2, -0.15) is 0 Å². The van der Waals surface area contributed by atoms with Crippen LogP contribution in [-0.4, -0.2) is 52.3 Å². The van der Waals surface area contributed by atoms with Gasteiger partial charge in [0.05, 0.1) is 35.3 Å². The Morgan fingerprint density at radius 1 is 1.23 bits per heavy atom. The zero-order valence-corrected chi connectivity index (χ0v) is 13.7. The molecule has 0 atom stereocenters. The van der Waals surface area contributed by atoms with Crippen LogP contribution in [-0.2, 0) is 11.3 Å². The van der Waals surface area contributed by atoms with Crippen LogP contribution in [0, 0.1) is 0 Å². The standard InChI is InChI=1S/C14H17N5OS.ClH/c15-14-17-10-1-2-11-12(13(10)21-14)16-9-19(11)4-3-18-5-7-20-8-6-18;/h1-2,9H,3-8H2,(H2,15,17);1H. The van der Waals surface area contributed by atoms with Gasteiger partial charge < -0.3 is 15.0 Å². The van der Waals surface area contributed by atoms with E-state index in [1.807, 2.05) is 12.4 Å². The van der Waals surface area contributed by atoms with Gasteiger partial charge in [0, 0.05) is 26.2 Å². The molecule has 4 rings (SSSR count). The highest BCUT2D eigenvalue weighted by Crippen LogP contribution is 2.30. The molecule has 0 amide bonds. The summed E-state index contributed by atoms with van der Waals surface area (Å²) in [5.41, 5.74) is 8.89. The quantitative estimate of drug-likeness (QED) is 0.790. The van der Waals surface area contributed by atoms with Gasteiger partial charge >= 0.3 is 0 Å². The summed E-state index contributed by atoms with van der Waals surface area (Å²) in [6.07, 6.45) is 1.92. The summed E-state index contributed by atoms with van der Waals surface area (Å²) < 4.78 is 8.67. The first kappa shape index (κ1) is 15.5. The van der Waals surface area contributed by atoms with Crippen LogP contribution in [0.3, 0.4) is 0 Å². The van der Waals surface area contributed by atoms with Gasteiger partial charge in [0.25, 0.3) is 0 Å². The number of nitrogens with zero attached hydrogens (tertiary/aromatic N) is 4.